The minimum Gasteiger partial charge on any atom is -0.464 e. The van der Waals surface area contributed by atoms with Gasteiger partial charge in [-0.15, -0.1) is 0 Å². The number of nitrogen functional groups attached to an aromatic ring is 1. The number of nitrogens with zero attached hydrogens (tertiary/aromatic N) is 4. The second-order valence-corrected chi connectivity index (χ2v) is 4.71. The highest BCUT2D eigenvalue weighted by Crippen LogP contribution is 2.25. The number of hydrogen-bond acceptors (Lipinski definition) is 7. The van der Waals surface area contributed by atoms with Crippen molar-refractivity contribution in [2.75, 3.05) is 51.0 Å². The molecule has 104 valence electrons. The van der Waals surface area contributed by atoms with Crippen molar-refractivity contribution >= 4 is 29.2 Å². The summed E-state index contributed by atoms with van der Waals surface area (Å²) in [6.07, 6.45) is 0. The van der Waals surface area contributed by atoms with Crippen LogP contribution in [0.2, 0.25) is 5.15 Å². The van der Waals surface area contributed by atoms with Crippen molar-refractivity contribution in [3.63, 3.8) is 0 Å². The van der Waals surface area contributed by atoms with Crippen LogP contribution < -0.4 is 10.6 Å². The van der Waals surface area contributed by atoms with Gasteiger partial charge in [-0.1, -0.05) is 11.6 Å². The lowest BCUT2D eigenvalue weighted by Crippen LogP contribution is -2.45. The van der Waals surface area contributed by atoms with E-state index in [-0.39, 0.29) is 16.7 Å². The van der Waals surface area contributed by atoms with E-state index in [0.29, 0.717) is 5.82 Å². The SMILES string of the molecule is COC(=O)c1nc(Cl)c(N2CCN(C)CC2)nc1N. The Kier molecular flexibility index (Phi) is 4.06. The molecule has 0 radical (unpaired) electrons. The smallest absolute Gasteiger partial charge is 0.360 e. The average molecular weight is 286 g/mol. The third kappa shape index (κ3) is 2.87. The lowest BCUT2D eigenvalue weighted by Gasteiger charge is -2.33. The number of carbonyl (C=O) groups is 1. The first-order valence-corrected chi connectivity index (χ1v) is 6.25. The number of hydrogen-bond donors (Lipinski definition) is 1. The van der Waals surface area contributed by atoms with Gasteiger partial charge in [-0.05, 0) is 7.05 Å². The molecule has 19 heavy (non-hydrogen) atoms. The van der Waals surface area contributed by atoms with E-state index in [1.807, 2.05) is 4.90 Å². The lowest BCUT2D eigenvalue weighted by molar-refractivity contribution is 0.0595. The monoisotopic (exact) mass is 285 g/mol. The second-order valence-electron chi connectivity index (χ2n) is 4.35. The van der Waals surface area contributed by atoms with E-state index in [4.69, 9.17) is 17.3 Å². The fraction of sp³-hybridized carbons (Fsp3) is 0.545. The van der Waals surface area contributed by atoms with Gasteiger partial charge in [0.15, 0.2) is 22.5 Å². The zero-order chi connectivity index (χ0) is 14.0. The zero-order valence-electron chi connectivity index (χ0n) is 10.9. The van der Waals surface area contributed by atoms with Crippen LogP contribution in [0.15, 0.2) is 0 Å². The van der Waals surface area contributed by atoms with Gasteiger partial charge in [0.2, 0.25) is 0 Å². The molecule has 0 saturated carbocycles. The van der Waals surface area contributed by atoms with Crippen LogP contribution in [-0.2, 0) is 4.74 Å². The van der Waals surface area contributed by atoms with Crippen molar-refractivity contribution < 1.29 is 9.53 Å². The summed E-state index contributed by atoms with van der Waals surface area (Å²) < 4.78 is 4.57. The first-order chi connectivity index (χ1) is 9.02. The van der Waals surface area contributed by atoms with Crippen LogP contribution in [0.5, 0.6) is 0 Å². The van der Waals surface area contributed by atoms with Crippen LogP contribution in [0.3, 0.4) is 0 Å². The molecule has 0 spiro atoms. The fourth-order valence-electron chi connectivity index (χ4n) is 1.88. The Morgan fingerprint density at radius 3 is 2.53 bits per heavy atom. The summed E-state index contributed by atoms with van der Waals surface area (Å²) in [5.74, 6) is -0.0954. The topological polar surface area (TPSA) is 84.6 Å². The van der Waals surface area contributed by atoms with E-state index in [2.05, 4.69) is 26.7 Å². The number of carbonyl (C=O) groups excluding carboxylic acids is 1. The van der Waals surface area contributed by atoms with Gasteiger partial charge in [-0.2, -0.15) is 0 Å². The Morgan fingerprint density at radius 2 is 1.95 bits per heavy atom. The minimum atomic E-state index is -0.642. The largest absolute Gasteiger partial charge is 0.464 e. The number of piperazine rings is 1. The minimum absolute atomic E-state index is 0.0326. The number of likely N-dealkylation sites (N-methyl/N-ethyl adjacent to an activating group) is 1. The number of anilines is 2. The highest BCUT2D eigenvalue weighted by atomic mass is 35.5. The molecule has 0 amide bonds. The number of rotatable bonds is 2. The third-order valence-corrected chi connectivity index (χ3v) is 3.30. The molecule has 0 aliphatic carbocycles. The summed E-state index contributed by atoms with van der Waals surface area (Å²) in [7, 11) is 3.31. The van der Waals surface area contributed by atoms with Gasteiger partial charge >= 0.3 is 5.97 Å². The van der Waals surface area contributed by atoms with Crippen molar-refractivity contribution in [3.05, 3.63) is 10.8 Å². The molecular weight excluding hydrogens is 270 g/mol. The summed E-state index contributed by atoms with van der Waals surface area (Å²) >= 11 is 6.08. The van der Waals surface area contributed by atoms with Gasteiger partial charge in [0.05, 0.1) is 7.11 Å². The summed E-state index contributed by atoms with van der Waals surface area (Å²) in [6.45, 7) is 3.41. The normalized spacial score (nSPS) is 16.5. The number of esters is 1. The molecule has 0 unspecified atom stereocenters. The summed E-state index contributed by atoms with van der Waals surface area (Å²) in [5.41, 5.74) is 5.68. The highest BCUT2D eigenvalue weighted by molar-refractivity contribution is 6.32. The van der Waals surface area contributed by atoms with Gasteiger partial charge in [-0.3, -0.25) is 0 Å². The van der Waals surface area contributed by atoms with E-state index >= 15 is 0 Å². The van der Waals surface area contributed by atoms with Gasteiger partial charge < -0.3 is 20.3 Å². The summed E-state index contributed by atoms with van der Waals surface area (Å²) in [6, 6.07) is 0. The molecule has 1 aromatic heterocycles. The molecule has 1 aliphatic rings. The molecular formula is C11H16ClN5O2. The Balaban J connectivity index is 2.28. The van der Waals surface area contributed by atoms with E-state index in [9.17, 15) is 4.79 Å². The van der Waals surface area contributed by atoms with Crippen LogP contribution in [0.4, 0.5) is 11.6 Å². The molecule has 1 aliphatic heterocycles. The van der Waals surface area contributed by atoms with E-state index in [1.165, 1.54) is 7.11 Å². The van der Waals surface area contributed by atoms with Crippen LogP contribution in [0, 0.1) is 0 Å². The van der Waals surface area contributed by atoms with Crippen LogP contribution in [0.25, 0.3) is 0 Å². The molecule has 2 rings (SSSR count). The number of aromatic nitrogens is 2. The maximum atomic E-state index is 11.4. The van der Waals surface area contributed by atoms with Gasteiger partial charge in [-0.25, -0.2) is 14.8 Å². The predicted molar refractivity (Wildman–Crippen MR) is 72.5 cm³/mol. The summed E-state index contributed by atoms with van der Waals surface area (Å²) in [4.78, 5) is 23.8. The average Bonchev–Trinajstić information content (AvgIpc) is 2.41. The molecule has 8 heteroatoms. The Labute approximate surface area is 116 Å². The second kappa shape index (κ2) is 5.58. The van der Waals surface area contributed by atoms with Crippen LogP contribution in [-0.4, -0.2) is 61.2 Å². The first kappa shape index (κ1) is 13.8. The van der Waals surface area contributed by atoms with Crippen LogP contribution in [0.1, 0.15) is 10.5 Å². The van der Waals surface area contributed by atoms with Crippen molar-refractivity contribution in [1.29, 1.82) is 0 Å². The Morgan fingerprint density at radius 1 is 1.32 bits per heavy atom. The molecule has 1 fully saturated rings. The number of ether oxygens (including phenoxy) is 1. The molecule has 7 nitrogen and oxygen atoms in total. The van der Waals surface area contributed by atoms with E-state index < -0.39 is 5.97 Å². The predicted octanol–water partition coefficient (Wildman–Crippen LogP) is 0.251. The van der Waals surface area contributed by atoms with Gasteiger partial charge in [0.25, 0.3) is 0 Å². The molecule has 0 atom stereocenters. The Hall–Kier alpha value is -1.60. The lowest BCUT2D eigenvalue weighted by atomic mass is 10.3. The number of halogens is 1. The molecule has 0 aromatic carbocycles. The number of nitrogens with two attached hydrogens (primary N) is 1. The van der Waals surface area contributed by atoms with Crippen molar-refractivity contribution in [2.45, 2.75) is 0 Å². The standard InChI is InChI=1S/C11H16ClN5O2/c1-16-3-5-17(6-4-16)10-8(12)14-7(9(13)15-10)11(18)19-2/h3-6H2,1-2H3,(H2,13,15). The highest BCUT2D eigenvalue weighted by Gasteiger charge is 2.22. The van der Waals surface area contributed by atoms with Gasteiger partial charge in [0, 0.05) is 26.2 Å². The maximum Gasteiger partial charge on any atom is 0.360 e. The molecule has 2 N–H and O–H groups in total. The van der Waals surface area contributed by atoms with Crippen molar-refractivity contribution in [2.24, 2.45) is 0 Å². The Bertz CT molecular complexity index is 488. The molecule has 1 aromatic rings. The molecule has 0 bridgehead atoms. The summed E-state index contributed by atoms with van der Waals surface area (Å²) in [5, 5.41) is 0.166. The number of methoxy groups -OCH3 is 1. The fourth-order valence-corrected chi connectivity index (χ4v) is 2.13. The van der Waals surface area contributed by atoms with Crippen molar-refractivity contribution in [3.8, 4) is 0 Å². The maximum absolute atomic E-state index is 11.4. The van der Waals surface area contributed by atoms with Crippen LogP contribution >= 0.6 is 11.6 Å². The zero-order valence-corrected chi connectivity index (χ0v) is 11.6. The molecule has 2 heterocycles. The third-order valence-electron chi connectivity index (χ3n) is 3.05. The quantitative estimate of drug-likeness (QED) is 0.780. The van der Waals surface area contributed by atoms with Gasteiger partial charge in [0.1, 0.15) is 0 Å². The van der Waals surface area contributed by atoms with E-state index in [0.717, 1.165) is 26.2 Å². The molecule has 1 saturated heterocycles. The van der Waals surface area contributed by atoms with Crippen molar-refractivity contribution in [1.82, 2.24) is 14.9 Å². The first-order valence-electron chi connectivity index (χ1n) is 5.87. The van der Waals surface area contributed by atoms with E-state index in [1.54, 1.807) is 0 Å².